The van der Waals surface area contributed by atoms with Crippen molar-refractivity contribution in [1.29, 1.82) is 0 Å². The SMILES string of the molecule is CC(=O)Nc1ccc(C(=O)C(C)Sc2nc3ccccc3c(=O)n2Cc2ccccc2)cc1. The van der Waals surface area contributed by atoms with Gasteiger partial charge in [-0.15, -0.1) is 0 Å². The van der Waals surface area contributed by atoms with Crippen LogP contribution in [0.25, 0.3) is 10.9 Å². The molecule has 3 aromatic carbocycles. The van der Waals surface area contributed by atoms with Crippen LogP contribution < -0.4 is 10.9 Å². The molecule has 4 rings (SSSR count). The van der Waals surface area contributed by atoms with E-state index in [9.17, 15) is 14.4 Å². The van der Waals surface area contributed by atoms with Gasteiger partial charge in [0.15, 0.2) is 10.9 Å². The number of anilines is 1. The predicted octanol–water partition coefficient (Wildman–Crippen LogP) is 4.77. The zero-order chi connectivity index (χ0) is 23.4. The van der Waals surface area contributed by atoms with Crippen molar-refractivity contribution in [1.82, 2.24) is 9.55 Å². The van der Waals surface area contributed by atoms with Crippen LogP contribution in [-0.2, 0) is 11.3 Å². The van der Waals surface area contributed by atoms with Gasteiger partial charge in [-0.1, -0.05) is 54.2 Å². The zero-order valence-electron chi connectivity index (χ0n) is 18.3. The normalized spacial score (nSPS) is 11.8. The van der Waals surface area contributed by atoms with Crippen molar-refractivity contribution in [3.63, 3.8) is 0 Å². The fraction of sp³-hybridized carbons (Fsp3) is 0.154. The first-order valence-corrected chi connectivity index (χ1v) is 11.4. The number of amides is 1. The number of fused-ring (bicyclic) bond motifs is 1. The fourth-order valence-corrected chi connectivity index (χ4v) is 4.50. The number of carbonyl (C=O) groups excluding carboxylic acids is 2. The molecule has 0 aliphatic carbocycles. The van der Waals surface area contributed by atoms with E-state index in [0.29, 0.717) is 33.9 Å². The van der Waals surface area contributed by atoms with Crippen LogP contribution in [0.4, 0.5) is 5.69 Å². The molecule has 1 atom stereocenters. The topological polar surface area (TPSA) is 81.1 Å². The average Bonchev–Trinajstić information content (AvgIpc) is 2.82. The van der Waals surface area contributed by atoms with Crippen molar-refractivity contribution in [2.24, 2.45) is 0 Å². The third-order valence-corrected chi connectivity index (χ3v) is 6.24. The number of nitrogens with one attached hydrogen (secondary N) is 1. The lowest BCUT2D eigenvalue weighted by Crippen LogP contribution is -2.25. The van der Waals surface area contributed by atoms with Gasteiger partial charge in [0, 0.05) is 18.2 Å². The minimum atomic E-state index is -0.466. The Labute approximate surface area is 195 Å². The summed E-state index contributed by atoms with van der Waals surface area (Å²) in [6.45, 7) is 3.61. The van der Waals surface area contributed by atoms with Crippen molar-refractivity contribution in [2.45, 2.75) is 30.8 Å². The molecule has 0 saturated heterocycles. The Bertz CT molecular complexity index is 1370. The summed E-state index contributed by atoms with van der Waals surface area (Å²) in [5.41, 5.74) is 2.61. The van der Waals surface area contributed by atoms with E-state index in [1.165, 1.54) is 18.7 Å². The summed E-state index contributed by atoms with van der Waals surface area (Å²) in [4.78, 5) is 42.3. The van der Waals surface area contributed by atoms with Gasteiger partial charge in [-0.3, -0.25) is 19.0 Å². The molecule has 1 heterocycles. The Morgan fingerprint density at radius 2 is 1.64 bits per heavy atom. The maximum atomic E-state index is 13.3. The van der Waals surface area contributed by atoms with Gasteiger partial charge in [0.05, 0.1) is 22.7 Å². The van der Waals surface area contributed by atoms with Crippen LogP contribution in [0, 0.1) is 0 Å². The summed E-state index contributed by atoms with van der Waals surface area (Å²) in [5, 5.41) is 3.27. The minimum Gasteiger partial charge on any atom is -0.326 e. The van der Waals surface area contributed by atoms with Gasteiger partial charge >= 0.3 is 0 Å². The van der Waals surface area contributed by atoms with Gasteiger partial charge < -0.3 is 5.32 Å². The summed E-state index contributed by atoms with van der Waals surface area (Å²) in [5.74, 6) is -0.250. The summed E-state index contributed by atoms with van der Waals surface area (Å²) in [6, 6.07) is 23.7. The molecule has 33 heavy (non-hydrogen) atoms. The van der Waals surface area contributed by atoms with E-state index in [-0.39, 0.29) is 17.2 Å². The number of thioether (sulfide) groups is 1. The molecule has 0 spiro atoms. The number of hydrogen-bond donors (Lipinski definition) is 1. The molecule has 6 nitrogen and oxygen atoms in total. The fourth-order valence-electron chi connectivity index (χ4n) is 3.51. The molecular weight excluding hydrogens is 434 g/mol. The second-order valence-electron chi connectivity index (χ2n) is 7.67. The Hall–Kier alpha value is -3.71. The highest BCUT2D eigenvalue weighted by Crippen LogP contribution is 2.26. The molecule has 0 radical (unpaired) electrons. The van der Waals surface area contributed by atoms with Crippen LogP contribution >= 0.6 is 11.8 Å². The number of hydrogen-bond acceptors (Lipinski definition) is 5. The number of rotatable bonds is 7. The number of ketones is 1. The van der Waals surface area contributed by atoms with Crippen molar-refractivity contribution in [3.05, 3.63) is 100 Å². The third-order valence-electron chi connectivity index (χ3n) is 5.15. The van der Waals surface area contributed by atoms with Crippen LogP contribution in [0.1, 0.15) is 29.8 Å². The lowest BCUT2D eigenvalue weighted by Gasteiger charge is -2.16. The second kappa shape index (κ2) is 9.83. The Morgan fingerprint density at radius 3 is 2.33 bits per heavy atom. The third kappa shape index (κ3) is 5.21. The summed E-state index contributed by atoms with van der Waals surface area (Å²) >= 11 is 1.27. The van der Waals surface area contributed by atoms with E-state index in [1.807, 2.05) is 49.4 Å². The molecular formula is C26H23N3O3S. The van der Waals surface area contributed by atoms with Crippen molar-refractivity contribution in [3.8, 4) is 0 Å². The Balaban J connectivity index is 1.65. The van der Waals surface area contributed by atoms with Gasteiger partial charge in [-0.05, 0) is 48.9 Å². The molecule has 0 bridgehead atoms. The summed E-state index contributed by atoms with van der Waals surface area (Å²) in [7, 11) is 0. The molecule has 1 aromatic heterocycles. The molecule has 0 saturated carbocycles. The van der Waals surface area contributed by atoms with Gasteiger partial charge in [-0.25, -0.2) is 4.98 Å². The Kier molecular flexibility index (Phi) is 6.70. The highest BCUT2D eigenvalue weighted by Gasteiger charge is 2.21. The van der Waals surface area contributed by atoms with Crippen LogP contribution in [0.5, 0.6) is 0 Å². The highest BCUT2D eigenvalue weighted by molar-refractivity contribution is 8.00. The van der Waals surface area contributed by atoms with Gasteiger partial charge in [0.25, 0.3) is 5.56 Å². The van der Waals surface area contributed by atoms with Crippen LogP contribution in [0.2, 0.25) is 0 Å². The quantitative estimate of drug-likeness (QED) is 0.246. The van der Waals surface area contributed by atoms with Crippen LogP contribution in [0.15, 0.2) is 88.8 Å². The smallest absolute Gasteiger partial charge is 0.262 e. The first kappa shape index (κ1) is 22.5. The molecule has 1 amide bonds. The second-order valence-corrected chi connectivity index (χ2v) is 8.98. The number of nitrogens with zero attached hydrogens (tertiary/aromatic N) is 2. The van der Waals surface area contributed by atoms with E-state index in [4.69, 9.17) is 4.98 Å². The summed E-state index contributed by atoms with van der Waals surface area (Å²) < 4.78 is 1.63. The highest BCUT2D eigenvalue weighted by atomic mass is 32.2. The molecule has 7 heteroatoms. The minimum absolute atomic E-state index is 0.0805. The molecule has 166 valence electrons. The van der Waals surface area contributed by atoms with E-state index in [0.717, 1.165) is 5.56 Å². The van der Waals surface area contributed by atoms with E-state index in [1.54, 1.807) is 41.0 Å². The molecule has 4 aromatic rings. The van der Waals surface area contributed by atoms with E-state index < -0.39 is 5.25 Å². The van der Waals surface area contributed by atoms with Crippen molar-refractivity contribution < 1.29 is 9.59 Å². The monoisotopic (exact) mass is 457 g/mol. The predicted molar refractivity (Wildman–Crippen MR) is 132 cm³/mol. The maximum absolute atomic E-state index is 13.3. The standard InChI is InChI=1S/C26H23N3O3S/c1-17(24(31)20-12-14-21(15-13-20)27-18(2)30)33-26-28-23-11-7-6-10-22(23)25(32)29(26)16-19-8-4-3-5-9-19/h3-15,17H,16H2,1-2H3,(H,27,30). The van der Waals surface area contributed by atoms with Crippen molar-refractivity contribution >= 4 is 40.0 Å². The van der Waals surface area contributed by atoms with Gasteiger partial charge in [0.2, 0.25) is 5.91 Å². The first-order chi connectivity index (χ1) is 15.9. The first-order valence-electron chi connectivity index (χ1n) is 10.5. The molecule has 0 aliphatic heterocycles. The van der Waals surface area contributed by atoms with E-state index in [2.05, 4.69) is 5.32 Å². The van der Waals surface area contributed by atoms with Crippen LogP contribution in [0.3, 0.4) is 0 Å². The van der Waals surface area contributed by atoms with E-state index >= 15 is 0 Å². The number of aromatic nitrogens is 2. The molecule has 0 aliphatic rings. The van der Waals surface area contributed by atoms with Gasteiger partial charge in [-0.2, -0.15) is 0 Å². The Morgan fingerprint density at radius 1 is 0.970 bits per heavy atom. The zero-order valence-corrected chi connectivity index (χ0v) is 19.1. The largest absolute Gasteiger partial charge is 0.326 e. The van der Waals surface area contributed by atoms with Crippen LogP contribution in [-0.4, -0.2) is 26.5 Å². The molecule has 1 unspecified atom stereocenters. The number of benzene rings is 3. The molecule has 1 N–H and O–H groups in total. The number of Topliss-reactive ketones (excluding diaryl/α,β-unsaturated/α-hetero) is 1. The average molecular weight is 458 g/mol. The lowest BCUT2D eigenvalue weighted by atomic mass is 10.1. The number of carbonyl (C=O) groups is 2. The molecule has 0 fully saturated rings. The maximum Gasteiger partial charge on any atom is 0.262 e. The van der Waals surface area contributed by atoms with Crippen molar-refractivity contribution in [2.75, 3.05) is 5.32 Å². The summed E-state index contributed by atoms with van der Waals surface area (Å²) in [6.07, 6.45) is 0. The lowest BCUT2D eigenvalue weighted by molar-refractivity contribution is -0.114. The van der Waals surface area contributed by atoms with Gasteiger partial charge in [0.1, 0.15) is 0 Å². The number of para-hydroxylation sites is 1.